The molecule has 25 heavy (non-hydrogen) atoms. The Kier molecular flexibility index (Phi) is 6.36. The zero-order chi connectivity index (χ0) is 17.8. The van der Waals surface area contributed by atoms with Gasteiger partial charge in [-0.05, 0) is 68.3 Å². The van der Waals surface area contributed by atoms with Crippen LogP contribution in [0.1, 0.15) is 64.2 Å². The first kappa shape index (κ1) is 18.7. The fourth-order valence-electron chi connectivity index (χ4n) is 4.77. The van der Waals surface area contributed by atoms with E-state index in [2.05, 4.69) is 5.48 Å². The van der Waals surface area contributed by atoms with Crippen LogP contribution in [0.4, 0.5) is 0 Å². The van der Waals surface area contributed by atoms with E-state index >= 15 is 0 Å². The molecule has 0 aromatic rings. The third-order valence-corrected chi connectivity index (χ3v) is 6.27. The van der Waals surface area contributed by atoms with Crippen LogP contribution >= 0.6 is 0 Å². The maximum atomic E-state index is 10.4. The number of allylic oxidation sites excluding steroid dienone is 1. The average Bonchev–Trinajstić information content (AvgIpc) is 3.17. The van der Waals surface area contributed by atoms with Crippen molar-refractivity contribution in [2.45, 2.75) is 76.4 Å². The quantitative estimate of drug-likeness (QED) is 0.355. The minimum Gasteiger partial charge on any atom is -0.481 e. The number of carboxylic acids is 1. The summed E-state index contributed by atoms with van der Waals surface area (Å²) in [4.78, 5) is 15.8. The van der Waals surface area contributed by atoms with E-state index in [4.69, 9.17) is 9.94 Å². The number of hydroxylamine groups is 1. The minimum absolute atomic E-state index is 0.111. The average molecular weight is 353 g/mol. The van der Waals surface area contributed by atoms with Crippen LogP contribution in [0.2, 0.25) is 0 Å². The van der Waals surface area contributed by atoms with Crippen molar-refractivity contribution in [1.82, 2.24) is 5.48 Å². The van der Waals surface area contributed by atoms with Crippen LogP contribution in [-0.4, -0.2) is 40.1 Å². The predicted molar refractivity (Wildman–Crippen MR) is 92.4 cm³/mol. The first-order chi connectivity index (χ1) is 12.1. The summed E-state index contributed by atoms with van der Waals surface area (Å²) in [6, 6.07) is 0. The molecule has 3 aliphatic carbocycles. The van der Waals surface area contributed by atoms with Gasteiger partial charge in [-0.3, -0.25) is 15.1 Å². The van der Waals surface area contributed by atoms with E-state index in [9.17, 15) is 15.0 Å². The summed E-state index contributed by atoms with van der Waals surface area (Å²) in [5.74, 6) is 0.321. The third-order valence-electron chi connectivity index (χ3n) is 6.27. The fraction of sp³-hybridized carbons (Fsp3) is 0.842. The molecular formula is C19H31NO5. The van der Waals surface area contributed by atoms with Crippen LogP contribution in [0.5, 0.6) is 0 Å². The highest BCUT2D eigenvalue weighted by Gasteiger charge is 2.46. The lowest BCUT2D eigenvalue weighted by molar-refractivity contribution is -0.137. The zero-order valence-electron chi connectivity index (χ0n) is 14.8. The number of aliphatic hydroxyl groups is 2. The molecule has 6 nitrogen and oxygen atoms in total. The minimum atomic E-state index is -0.809. The summed E-state index contributed by atoms with van der Waals surface area (Å²) in [6.07, 6.45) is 8.11. The van der Waals surface area contributed by atoms with Gasteiger partial charge in [0.05, 0.1) is 18.8 Å². The Balaban J connectivity index is 1.40. The van der Waals surface area contributed by atoms with E-state index in [-0.39, 0.29) is 24.5 Å². The van der Waals surface area contributed by atoms with E-state index in [1.807, 2.05) is 0 Å². The SMILES string of the molecule is O=C(O)CCCONC1=C2CC(O)C(CCC(O)C3CCCC3)C2C1. The molecule has 0 aliphatic heterocycles. The molecule has 0 heterocycles. The summed E-state index contributed by atoms with van der Waals surface area (Å²) in [6.45, 7) is 0.368. The van der Waals surface area contributed by atoms with Gasteiger partial charge in [0.2, 0.25) is 0 Å². The van der Waals surface area contributed by atoms with E-state index in [1.165, 1.54) is 18.4 Å². The molecule has 2 fully saturated rings. The van der Waals surface area contributed by atoms with Gasteiger partial charge in [-0.1, -0.05) is 12.8 Å². The number of aliphatic carboxylic acids is 1. The molecule has 142 valence electrons. The normalized spacial score (nSPS) is 30.2. The molecule has 4 unspecified atom stereocenters. The van der Waals surface area contributed by atoms with Gasteiger partial charge >= 0.3 is 5.97 Å². The summed E-state index contributed by atoms with van der Waals surface area (Å²) >= 11 is 0. The van der Waals surface area contributed by atoms with Gasteiger partial charge in [0.25, 0.3) is 0 Å². The van der Waals surface area contributed by atoms with E-state index in [0.717, 1.165) is 37.8 Å². The Morgan fingerprint density at radius 2 is 2.04 bits per heavy atom. The summed E-state index contributed by atoms with van der Waals surface area (Å²) in [5.41, 5.74) is 5.25. The Hall–Kier alpha value is -1.11. The van der Waals surface area contributed by atoms with Crippen molar-refractivity contribution < 1.29 is 25.0 Å². The van der Waals surface area contributed by atoms with Gasteiger partial charge in [0.1, 0.15) is 0 Å². The predicted octanol–water partition coefficient (Wildman–Crippen LogP) is 2.36. The third kappa shape index (κ3) is 4.54. The molecule has 6 heteroatoms. The number of rotatable bonds is 10. The lowest BCUT2D eigenvalue weighted by atomic mass is 9.76. The van der Waals surface area contributed by atoms with Crippen LogP contribution in [0.3, 0.4) is 0 Å². The fourth-order valence-corrected chi connectivity index (χ4v) is 4.77. The molecule has 2 saturated carbocycles. The van der Waals surface area contributed by atoms with Crippen molar-refractivity contribution in [1.29, 1.82) is 0 Å². The Morgan fingerprint density at radius 1 is 1.28 bits per heavy atom. The van der Waals surface area contributed by atoms with Gasteiger partial charge in [0.15, 0.2) is 0 Å². The largest absolute Gasteiger partial charge is 0.481 e. The van der Waals surface area contributed by atoms with Crippen molar-refractivity contribution in [3.8, 4) is 0 Å². The Labute approximate surface area is 149 Å². The van der Waals surface area contributed by atoms with Gasteiger partial charge in [0, 0.05) is 12.1 Å². The number of carbonyl (C=O) groups is 1. The standard InChI is InChI=1S/C19H31NO5/c21-17(12-4-1-2-5-12)8-7-13-14-10-16(15(14)11-18(13)22)20-25-9-3-6-19(23)24/h12-14,17-18,20-22H,1-11H2,(H,23,24). The molecule has 0 saturated heterocycles. The van der Waals surface area contributed by atoms with Gasteiger partial charge in [-0.15, -0.1) is 0 Å². The smallest absolute Gasteiger partial charge is 0.303 e. The zero-order valence-corrected chi connectivity index (χ0v) is 14.8. The van der Waals surface area contributed by atoms with Crippen LogP contribution in [0.25, 0.3) is 0 Å². The molecule has 0 aromatic heterocycles. The molecular weight excluding hydrogens is 322 g/mol. The number of carboxylic acid groups (broad SMARTS) is 1. The lowest BCUT2D eigenvalue weighted by Gasteiger charge is -2.33. The Bertz CT molecular complexity index is 500. The highest BCUT2D eigenvalue weighted by Crippen LogP contribution is 2.51. The lowest BCUT2D eigenvalue weighted by Crippen LogP contribution is -2.31. The second-order valence-electron chi connectivity index (χ2n) is 7.89. The number of fused-ring (bicyclic) bond motifs is 1. The van der Waals surface area contributed by atoms with Crippen LogP contribution in [0.15, 0.2) is 11.3 Å². The molecule has 0 radical (unpaired) electrons. The maximum Gasteiger partial charge on any atom is 0.303 e. The number of aliphatic hydroxyl groups excluding tert-OH is 2. The second kappa shape index (κ2) is 8.52. The Morgan fingerprint density at radius 3 is 2.76 bits per heavy atom. The summed E-state index contributed by atoms with van der Waals surface area (Å²) in [5, 5.41) is 29.3. The first-order valence-electron chi connectivity index (χ1n) is 9.74. The van der Waals surface area contributed by atoms with Crippen LogP contribution < -0.4 is 5.48 Å². The molecule has 0 amide bonds. The first-order valence-corrected chi connectivity index (χ1v) is 9.74. The highest BCUT2D eigenvalue weighted by atomic mass is 16.6. The monoisotopic (exact) mass is 353 g/mol. The van der Waals surface area contributed by atoms with E-state index < -0.39 is 5.97 Å². The van der Waals surface area contributed by atoms with E-state index in [0.29, 0.717) is 31.3 Å². The molecule has 4 atom stereocenters. The molecule has 3 aliphatic rings. The number of nitrogens with one attached hydrogen (secondary N) is 1. The van der Waals surface area contributed by atoms with Crippen LogP contribution in [0, 0.1) is 17.8 Å². The van der Waals surface area contributed by atoms with Crippen LogP contribution in [-0.2, 0) is 9.63 Å². The van der Waals surface area contributed by atoms with E-state index in [1.54, 1.807) is 0 Å². The van der Waals surface area contributed by atoms with Gasteiger partial charge < -0.3 is 15.3 Å². The van der Waals surface area contributed by atoms with Crippen molar-refractivity contribution in [2.24, 2.45) is 17.8 Å². The summed E-state index contributed by atoms with van der Waals surface area (Å²) < 4.78 is 0. The summed E-state index contributed by atoms with van der Waals surface area (Å²) in [7, 11) is 0. The van der Waals surface area contributed by atoms with Crippen molar-refractivity contribution >= 4 is 5.97 Å². The molecule has 0 bridgehead atoms. The molecule has 0 spiro atoms. The second-order valence-corrected chi connectivity index (χ2v) is 7.89. The van der Waals surface area contributed by atoms with Gasteiger partial charge in [-0.25, -0.2) is 0 Å². The number of hydrogen-bond acceptors (Lipinski definition) is 5. The topological polar surface area (TPSA) is 99.0 Å². The van der Waals surface area contributed by atoms with Gasteiger partial charge in [-0.2, -0.15) is 0 Å². The molecule has 0 aromatic carbocycles. The number of hydrogen-bond donors (Lipinski definition) is 4. The highest BCUT2D eigenvalue weighted by molar-refractivity contribution is 5.66. The van der Waals surface area contributed by atoms with Crippen molar-refractivity contribution in [3.05, 3.63) is 11.3 Å². The molecule has 3 rings (SSSR count). The van der Waals surface area contributed by atoms with Crippen molar-refractivity contribution in [2.75, 3.05) is 6.61 Å². The maximum absolute atomic E-state index is 10.4. The molecule has 4 N–H and O–H groups in total. The van der Waals surface area contributed by atoms with Crippen molar-refractivity contribution in [3.63, 3.8) is 0 Å².